The van der Waals surface area contributed by atoms with Crippen LogP contribution in [0.4, 0.5) is 0 Å². The van der Waals surface area contributed by atoms with Crippen LogP contribution in [0.3, 0.4) is 0 Å². The molecule has 0 bridgehead atoms. The quantitative estimate of drug-likeness (QED) is 0.454. The molecule has 4 aromatic rings. The van der Waals surface area contributed by atoms with Crippen LogP contribution in [0.5, 0.6) is 11.5 Å². The second kappa shape index (κ2) is 6.60. The summed E-state index contributed by atoms with van der Waals surface area (Å²) in [6.07, 6.45) is -0.123. The van der Waals surface area contributed by atoms with Crippen LogP contribution >= 0.6 is 0 Å². The van der Waals surface area contributed by atoms with Gasteiger partial charge in [-0.05, 0) is 33.7 Å². The van der Waals surface area contributed by atoms with Crippen LogP contribution in [0.15, 0.2) is 72.8 Å². The highest BCUT2D eigenvalue weighted by atomic mass is 16.6. The third-order valence-corrected chi connectivity index (χ3v) is 5.21. The summed E-state index contributed by atoms with van der Waals surface area (Å²) >= 11 is 0. The Morgan fingerprint density at radius 3 is 1.63 bits per heavy atom. The maximum absolute atomic E-state index is 6.22. The van der Waals surface area contributed by atoms with E-state index in [2.05, 4.69) is 72.8 Å². The van der Waals surface area contributed by atoms with Gasteiger partial charge in [-0.3, -0.25) is 0 Å². The molecule has 0 radical (unpaired) electrons. The van der Waals surface area contributed by atoms with Gasteiger partial charge in [0.15, 0.2) is 0 Å². The number of benzene rings is 4. The standard InChI is InChI=1S/C24H20O3/c1-25-18-14-26-21-12-10-16-6-2-4-8-19(16)23(21)24-20-9-5-3-7-17(20)11-13-22(24)27-15-18/h2-13,18H,14-15H2,1H3. The van der Waals surface area contributed by atoms with Gasteiger partial charge in [0.05, 0.1) is 0 Å². The molecule has 0 N–H and O–H groups in total. The molecule has 1 aliphatic rings. The van der Waals surface area contributed by atoms with Crippen LogP contribution in [0.1, 0.15) is 0 Å². The summed E-state index contributed by atoms with van der Waals surface area (Å²) in [6, 6.07) is 25.2. The topological polar surface area (TPSA) is 27.7 Å². The minimum absolute atomic E-state index is 0.123. The van der Waals surface area contributed by atoms with Crippen molar-refractivity contribution in [2.24, 2.45) is 0 Å². The van der Waals surface area contributed by atoms with E-state index in [0.717, 1.165) is 33.4 Å². The first-order valence-electron chi connectivity index (χ1n) is 9.17. The molecule has 134 valence electrons. The van der Waals surface area contributed by atoms with Gasteiger partial charge in [0.25, 0.3) is 0 Å². The number of ether oxygens (including phenoxy) is 3. The molecule has 5 rings (SSSR count). The molecule has 0 saturated heterocycles. The fourth-order valence-electron chi connectivity index (χ4n) is 3.81. The highest BCUT2D eigenvalue weighted by molar-refractivity contribution is 6.09. The first-order chi connectivity index (χ1) is 13.3. The molecule has 0 spiro atoms. The molecule has 0 aromatic heterocycles. The lowest BCUT2D eigenvalue weighted by Gasteiger charge is -2.17. The zero-order valence-electron chi connectivity index (χ0n) is 15.1. The number of hydrogen-bond donors (Lipinski definition) is 0. The number of methoxy groups -OCH3 is 1. The van der Waals surface area contributed by atoms with E-state index >= 15 is 0 Å². The maximum atomic E-state index is 6.22. The molecule has 3 heteroatoms. The predicted octanol–water partition coefficient (Wildman–Crippen LogP) is 5.45. The van der Waals surface area contributed by atoms with Crippen LogP contribution in [-0.2, 0) is 4.74 Å². The molecule has 0 fully saturated rings. The summed E-state index contributed by atoms with van der Waals surface area (Å²) in [5.74, 6) is 1.72. The molecule has 0 aliphatic carbocycles. The Hall–Kier alpha value is -3.04. The summed E-state index contributed by atoms with van der Waals surface area (Å²) in [6.45, 7) is 0.904. The van der Waals surface area contributed by atoms with Gasteiger partial charge in [0.2, 0.25) is 0 Å². The van der Waals surface area contributed by atoms with Crippen molar-refractivity contribution in [3.8, 4) is 22.6 Å². The first kappa shape index (κ1) is 16.2. The van der Waals surface area contributed by atoms with Crippen LogP contribution < -0.4 is 9.47 Å². The average Bonchev–Trinajstić information content (AvgIpc) is 2.81. The van der Waals surface area contributed by atoms with Crippen molar-refractivity contribution in [1.82, 2.24) is 0 Å². The fourth-order valence-corrected chi connectivity index (χ4v) is 3.81. The SMILES string of the molecule is COC1COc2ccc3ccccc3c2-c2c(ccc3ccccc23)OC1. The summed E-state index contributed by atoms with van der Waals surface area (Å²) in [5, 5.41) is 4.68. The summed E-state index contributed by atoms with van der Waals surface area (Å²) < 4.78 is 18.0. The van der Waals surface area contributed by atoms with Crippen molar-refractivity contribution in [1.29, 1.82) is 0 Å². The van der Waals surface area contributed by atoms with Crippen LogP contribution in [0.25, 0.3) is 32.7 Å². The zero-order valence-corrected chi connectivity index (χ0v) is 15.1. The van der Waals surface area contributed by atoms with Crippen molar-refractivity contribution in [3.05, 3.63) is 72.8 Å². The van der Waals surface area contributed by atoms with E-state index in [4.69, 9.17) is 14.2 Å². The number of fused-ring (bicyclic) bond motifs is 7. The molecule has 3 nitrogen and oxygen atoms in total. The molecule has 1 aliphatic heterocycles. The Bertz CT molecular complexity index is 1040. The van der Waals surface area contributed by atoms with Gasteiger partial charge in [0.1, 0.15) is 30.8 Å². The van der Waals surface area contributed by atoms with Crippen molar-refractivity contribution in [2.45, 2.75) is 6.10 Å². The molecule has 27 heavy (non-hydrogen) atoms. The lowest BCUT2D eigenvalue weighted by Crippen LogP contribution is -2.27. The average molecular weight is 356 g/mol. The zero-order chi connectivity index (χ0) is 18.2. The van der Waals surface area contributed by atoms with Crippen molar-refractivity contribution >= 4 is 21.5 Å². The van der Waals surface area contributed by atoms with E-state index < -0.39 is 0 Å². The van der Waals surface area contributed by atoms with E-state index in [0.29, 0.717) is 13.2 Å². The van der Waals surface area contributed by atoms with Gasteiger partial charge in [-0.2, -0.15) is 0 Å². The molecular weight excluding hydrogens is 336 g/mol. The minimum Gasteiger partial charge on any atom is -0.490 e. The monoisotopic (exact) mass is 356 g/mol. The minimum atomic E-state index is -0.123. The van der Waals surface area contributed by atoms with E-state index in [9.17, 15) is 0 Å². The normalized spacial score (nSPS) is 14.4. The van der Waals surface area contributed by atoms with Gasteiger partial charge in [-0.15, -0.1) is 0 Å². The van der Waals surface area contributed by atoms with Crippen molar-refractivity contribution < 1.29 is 14.2 Å². The second-order valence-electron chi connectivity index (χ2n) is 6.80. The van der Waals surface area contributed by atoms with E-state index in [1.54, 1.807) is 7.11 Å². The van der Waals surface area contributed by atoms with E-state index in [-0.39, 0.29) is 6.10 Å². The molecule has 4 aromatic carbocycles. The third-order valence-electron chi connectivity index (χ3n) is 5.21. The molecule has 0 saturated carbocycles. The molecule has 0 unspecified atom stereocenters. The molecule has 0 atom stereocenters. The lowest BCUT2D eigenvalue weighted by atomic mass is 9.92. The highest BCUT2D eigenvalue weighted by Crippen LogP contribution is 2.45. The highest BCUT2D eigenvalue weighted by Gasteiger charge is 2.22. The number of hydrogen-bond acceptors (Lipinski definition) is 3. The smallest absolute Gasteiger partial charge is 0.128 e. The van der Waals surface area contributed by atoms with Crippen LogP contribution in [-0.4, -0.2) is 26.4 Å². The Labute approximate surface area is 158 Å². The Morgan fingerprint density at radius 2 is 1.15 bits per heavy atom. The lowest BCUT2D eigenvalue weighted by molar-refractivity contribution is 0.0250. The molecule has 0 amide bonds. The Kier molecular flexibility index (Phi) is 3.95. The van der Waals surface area contributed by atoms with E-state index in [1.807, 2.05) is 0 Å². The Morgan fingerprint density at radius 1 is 0.667 bits per heavy atom. The second-order valence-corrected chi connectivity index (χ2v) is 6.80. The number of rotatable bonds is 1. The third kappa shape index (κ3) is 2.71. The van der Waals surface area contributed by atoms with Gasteiger partial charge in [0, 0.05) is 18.2 Å². The Balaban J connectivity index is 1.90. The summed E-state index contributed by atoms with van der Waals surface area (Å²) in [4.78, 5) is 0. The van der Waals surface area contributed by atoms with Crippen LogP contribution in [0.2, 0.25) is 0 Å². The maximum Gasteiger partial charge on any atom is 0.128 e. The van der Waals surface area contributed by atoms with E-state index in [1.165, 1.54) is 10.8 Å². The van der Waals surface area contributed by atoms with Gasteiger partial charge < -0.3 is 14.2 Å². The van der Waals surface area contributed by atoms with Crippen LogP contribution in [0, 0.1) is 0 Å². The summed E-state index contributed by atoms with van der Waals surface area (Å²) in [7, 11) is 1.69. The fraction of sp³-hybridized carbons (Fsp3) is 0.167. The van der Waals surface area contributed by atoms with Gasteiger partial charge in [-0.25, -0.2) is 0 Å². The van der Waals surface area contributed by atoms with Crippen molar-refractivity contribution in [3.63, 3.8) is 0 Å². The van der Waals surface area contributed by atoms with Gasteiger partial charge in [-0.1, -0.05) is 60.7 Å². The predicted molar refractivity (Wildman–Crippen MR) is 109 cm³/mol. The van der Waals surface area contributed by atoms with Crippen molar-refractivity contribution in [2.75, 3.05) is 20.3 Å². The first-order valence-corrected chi connectivity index (χ1v) is 9.17. The molecular formula is C24H20O3. The molecule has 1 heterocycles. The summed E-state index contributed by atoms with van der Waals surface area (Å²) in [5.41, 5.74) is 2.16. The van der Waals surface area contributed by atoms with Gasteiger partial charge >= 0.3 is 0 Å². The largest absolute Gasteiger partial charge is 0.490 e.